The first-order chi connectivity index (χ1) is 13.9. The summed E-state index contributed by atoms with van der Waals surface area (Å²) < 4.78 is 13.0. The molecule has 0 N–H and O–H groups in total. The zero-order valence-electron chi connectivity index (χ0n) is 16.5. The Bertz CT molecular complexity index is 790. The van der Waals surface area contributed by atoms with Crippen LogP contribution in [0.5, 0.6) is 0 Å². The van der Waals surface area contributed by atoms with Crippen molar-refractivity contribution in [1.82, 2.24) is 19.6 Å². The van der Waals surface area contributed by atoms with Gasteiger partial charge in [0.2, 0.25) is 5.91 Å². The van der Waals surface area contributed by atoms with E-state index < -0.39 is 17.8 Å². The maximum absolute atomic E-state index is 13.0. The summed E-state index contributed by atoms with van der Waals surface area (Å²) in [5.74, 6) is -1.95. The number of halogens is 1. The van der Waals surface area contributed by atoms with Crippen LogP contribution >= 0.6 is 0 Å². The third-order valence-electron chi connectivity index (χ3n) is 5.21. The lowest BCUT2D eigenvalue weighted by Gasteiger charge is -2.36. The van der Waals surface area contributed by atoms with Gasteiger partial charge in [-0.15, -0.1) is 0 Å². The van der Waals surface area contributed by atoms with Gasteiger partial charge in [-0.2, -0.15) is 0 Å². The maximum Gasteiger partial charge on any atom is 0.335 e. The molecular formula is C20H25FN4O4. The van der Waals surface area contributed by atoms with Gasteiger partial charge in [0.05, 0.1) is 13.1 Å². The average molecular weight is 404 g/mol. The Balaban J connectivity index is 1.50. The highest BCUT2D eigenvalue weighted by Crippen LogP contribution is 2.15. The van der Waals surface area contributed by atoms with Crippen molar-refractivity contribution < 1.29 is 23.6 Å². The van der Waals surface area contributed by atoms with Crippen LogP contribution in [0.3, 0.4) is 0 Å². The molecule has 29 heavy (non-hydrogen) atoms. The molecule has 3 rings (SSSR count). The van der Waals surface area contributed by atoms with Gasteiger partial charge in [0.25, 0.3) is 0 Å². The van der Waals surface area contributed by atoms with Crippen LogP contribution in [0.1, 0.15) is 25.3 Å². The summed E-state index contributed by atoms with van der Waals surface area (Å²) in [6.45, 7) is 4.16. The number of nitrogens with zero attached hydrogens (tertiary/aromatic N) is 4. The van der Waals surface area contributed by atoms with E-state index in [4.69, 9.17) is 0 Å². The lowest BCUT2D eigenvalue weighted by molar-refractivity contribution is -0.144. The molecule has 2 heterocycles. The van der Waals surface area contributed by atoms with Crippen molar-refractivity contribution >= 4 is 23.8 Å². The van der Waals surface area contributed by atoms with E-state index in [1.54, 1.807) is 17.0 Å². The predicted octanol–water partition coefficient (Wildman–Crippen LogP) is 1.06. The molecule has 1 aromatic carbocycles. The molecule has 9 heteroatoms. The predicted molar refractivity (Wildman–Crippen MR) is 102 cm³/mol. The summed E-state index contributed by atoms with van der Waals surface area (Å²) in [6.07, 6.45) is 1.68. The lowest BCUT2D eigenvalue weighted by atomic mass is 10.1. The minimum Gasteiger partial charge on any atom is -0.340 e. The molecule has 156 valence electrons. The molecule has 0 aliphatic carbocycles. The van der Waals surface area contributed by atoms with Crippen molar-refractivity contribution in [2.24, 2.45) is 0 Å². The molecule has 0 bridgehead atoms. The van der Waals surface area contributed by atoms with Crippen LogP contribution in [0.4, 0.5) is 9.18 Å². The molecule has 8 nitrogen and oxygen atoms in total. The summed E-state index contributed by atoms with van der Waals surface area (Å²) in [5, 5.41) is 0. The topological polar surface area (TPSA) is 81.2 Å². The third-order valence-corrected chi connectivity index (χ3v) is 5.21. The van der Waals surface area contributed by atoms with Gasteiger partial charge in [-0.05, 0) is 24.1 Å². The zero-order valence-corrected chi connectivity index (χ0v) is 16.5. The molecule has 0 spiro atoms. The minimum absolute atomic E-state index is 0.0476. The minimum atomic E-state index is -0.791. The summed E-state index contributed by atoms with van der Waals surface area (Å²) in [4.78, 5) is 54.6. The summed E-state index contributed by atoms with van der Waals surface area (Å²) in [6, 6.07) is 5.28. The van der Waals surface area contributed by atoms with Crippen LogP contribution in [0.15, 0.2) is 24.3 Å². The zero-order chi connectivity index (χ0) is 21.0. The number of imide groups is 2. The number of benzene rings is 1. The SMILES string of the molecule is CCCCN1C(=O)C(=O)N(CN2CCN(C(=O)Cc3ccc(F)cc3)CC2)C1=O. The van der Waals surface area contributed by atoms with E-state index in [9.17, 15) is 23.6 Å². The molecule has 5 amide bonds. The van der Waals surface area contributed by atoms with E-state index in [1.165, 1.54) is 12.1 Å². The number of carbonyl (C=O) groups excluding carboxylic acids is 4. The van der Waals surface area contributed by atoms with Crippen LogP contribution in [0, 0.1) is 5.82 Å². The van der Waals surface area contributed by atoms with E-state index in [-0.39, 0.29) is 31.4 Å². The van der Waals surface area contributed by atoms with Crippen molar-refractivity contribution in [1.29, 1.82) is 0 Å². The first-order valence-electron chi connectivity index (χ1n) is 9.82. The van der Waals surface area contributed by atoms with Gasteiger partial charge < -0.3 is 4.90 Å². The molecule has 0 unspecified atom stereocenters. The van der Waals surface area contributed by atoms with Crippen molar-refractivity contribution in [2.75, 3.05) is 39.4 Å². The Morgan fingerprint density at radius 2 is 1.59 bits per heavy atom. The van der Waals surface area contributed by atoms with Gasteiger partial charge in [0.15, 0.2) is 0 Å². The van der Waals surface area contributed by atoms with Gasteiger partial charge in [-0.25, -0.2) is 14.1 Å². The van der Waals surface area contributed by atoms with Crippen molar-refractivity contribution in [2.45, 2.75) is 26.2 Å². The summed E-state index contributed by atoms with van der Waals surface area (Å²) in [5.41, 5.74) is 0.748. The average Bonchev–Trinajstić information content (AvgIpc) is 2.92. The smallest absolute Gasteiger partial charge is 0.335 e. The van der Waals surface area contributed by atoms with Gasteiger partial charge in [0.1, 0.15) is 5.82 Å². The number of piperazine rings is 1. The van der Waals surface area contributed by atoms with Crippen LogP contribution in [0.2, 0.25) is 0 Å². The molecule has 0 saturated carbocycles. The number of rotatable bonds is 7. The van der Waals surface area contributed by atoms with Gasteiger partial charge >= 0.3 is 17.8 Å². The fraction of sp³-hybridized carbons (Fsp3) is 0.500. The second-order valence-electron chi connectivity index (χ2n) is 7.27. The van der Waals surface area contributed by atoms with E-state index in [1.807, 2.05) is 11.8 Å². The summed E-state index contributed by atoms with van der Waals surface area (Å²) >= 11 is 0. The Morgan fingerprint density at radius 3 is 2.21 bits per heavy atom. The second-order valence-corrected chi connectivity index (χ2v) is 7.27. The van der Waals surface area contributed by atoms with Crippen LogP contribution in [-0.2, 0) is 20.8 Å². The molecule has 2 aliphatic rings. The molecule has 1 aromatic rings. The second kappa shape index (κ2) is 9.13. The van der Waals surface area contributed by atoms with E-state index in [0.717, 1.165) is 21.8 Å². The van der Waals surface area contributed by atoms with Crippen LogP contribution in [0.25, 0.3) is 0 Å². The van der Waals surface area contributed by atoms with Gasteiger partial charge in [-0.3, -0.25) is 24.2 Å². The molecular weight excluding hydrogens is 379 g/mol. The Morgan fingerprint density at radius 1 is 0.966 bits per heavy atom. The first-order valence-corrected chi connectivity index (χ1v) is 9.82. The summed E-state index contributed by atoms with van der Waals surface area (Å²) in [7, 11) is 0. The number of unbranched alkanes of at least 4 members (excludes halogenated alkanes) is 1. The first kappa shape index (κ1) is 20.9. The van der Waals surface area contributed by atoms with E-state index in [0.29, 0.717) is 32.6 Å². The number of urea groups is 1. The molecule has 0 atom stereocenters. The van der Waals surface area contributed by atoms with Crippen molar-refractivity contribution in [3.8, 4) is 0 Å². The largest absolute Gasteiger partial charge is 0.340 e. The molecule has 2 fully saturated rings. The molecule has 0 radical (unpaired) electrons. The number of carbonyl (C=O) groups is 4. The standard InChI is InChI=1S/C20H25FN4O4/c1-2-3-8-24-18(27)19(28)25(20(24)29)14-22-9-11-23(12-10-22)17(26)13-15-4-6-16(21)7-5-15/h4-7H,2-3,8-14H2,1H3. The fourth-order valence-corrected chi connectivity index (χ4v) is 3.42. The third kappa shape index (κ3) is 4.79. The number of hydrogen-bond acceptors (Lipinski definition) is 5. The van der Waals surface area contributed by atoms with E-state index in [2.05, 4.69) is 0 Å². The number of amides is 5. The van der Waals surface area contributed by atoms with Crippen LogP contribution < -0.4 is 0 Å². The maximum atomic E-state index is 13.0. The highest BCUT2D eigenvalue weighted by molar-refractivity contribution is 6.44. The quantitative estimate of drug-likeness (QED) is 0.502. The Labute approximate surface area is 168 Å². The lowest BCUT2D eigenvalue weighted by Crippen LogP contribution is -2.53. The Hall–Kier alpha value is -2.81. The van der Waals surface area contributed by atoms with Gasteiger partial charge in [-0.1, -0.05) is 25.5 Å². The van der Waals surface area contributed by atoms with Gasteiger partial charge in [0, 0.05) is 32.7 Å². The molecule has 2 aliphatic heterocycles. The normalized spacial score (nSPS) is 18.1. The monoisotopic (exact) mass is 404 g/mol. The van der Waals surface area contributed by atoms with Crippen molar-refractivity contribution in [3.05, 3.63) is 35.6 Å². The molecule has 2 saturated heterocycles. The fourth-order valence-electron chi connectivity index (χ4n) is 3.42. The highest BCUT2D eigenvalue weighted by atomic mass is 19.1. The highest BCUT2D eigenvalue weighted by Gasteiger charge is 2.44. The van der Waals surface area contributed by atoms with Crippen LogP contribution in [-0.4, -0.2) is 82.7 Å². The molecule has 0 aromatic heterocycles. The Kier molecular flexibility index (Phi) is 6.58. The van der Waals surface area contributed by atoms with Crippen molar-refractivity contribution in [3.63, 3.8) is 0 Å². The number of hydrogen-bond donors (Lipinski definition) is 0. The van der Waals surface area contributed by atoms with E-state index >= 15 is 0 Å².